The molecule has 0 aromatic carbocycles. The molecule has 1 saturated heterocycles. The molecule has 1 rings (SSSR count). The molecule has 0 bridgehead atoms. The number of amides is 1. The predicted octanol–water partition coefficient (Wildman–Crippen LogP) is 1.12. The molecule has 5 heteroatoms. The highest BCUT2D eigenvalue weighted by molar-refractivity contribution is 5.82. The summed E-state index contributed by atoms with van der Waals surface area (Å²) in [5.41, 5.74) is 0. The van der Waals surface area contributed by atoms with Crippen LogP contribution in [0.4, 0.5) is 0 Å². The summed E-state index contributed by atoms with van der Waals surface area (Å²) < 4.78 is 5.12. The highest BCUT2D eigenvalue weighted by Gasteiger charge is 2.34. The van der Waals surface area contributed by atoms with Gasteiger partial charge in [-0.25, -0.2) is 0 Å². The van der Waals surface area contributed by atoms with Crippen LogP contribution >= 0.6 is 0 Å². The van der Waals surface area contributed by atoms with Crippen molar-refractivity contribution >= 4 is 11.9 Å². The van der Waals surface area contributed by atoms with E-state index in [1.807, 2.05) is 13.8 Å². The van der Waals surface area contributed by atoms with Gasteiger partial charge in [0.05, 0.1) is 5.92 Å². The van der Waals surface area contributed by atoms with Gasteiger partial charge >= 0.3 is 5.97 Å². The van der Waals surface area contributed by atoms with E-state index in [-0.39, 0.29) is 11.9 Å². The van der Waals surface area contributed by atoms with E-state index >= 15 is 0 Å². The number of ether oxygens (including phenoxy) is 1. The Labute approximate surface area is 102 Å². The van der Waals surface area contributed by atoms with Crippen LogP contribution in [0.5, 0.6) is 0 Å². The molecule has 0 aromatic rings. The number of nitrogens with zero attached hydrogens (tertiary/aromatic N) is 1. The van der Waals surface area contributed by atoms with Gasteiger partial charge in [-0.3, -0.25) is 9.59 Å². The molecule has 1 aliphatic rings. The predicted molar refractivity (Wildman–Crippen MR) is 62.6 cm³/mol. The van der Waals surface area contributed by atoms with Gasteiger partial charge in [0.15, 0.2) is 0 Å². The number of hydrogen-bond acceptors (Lipinski definition) is 3. The third-order valence-electron chi connectivity index (χ3n) is 3.45. The van der Waals surface area contributed by atoms with Crippen LogP contribution in [-0.2, 0) is 14.3 Å². The van der Waals surface area contributed by atoms with Gasteiger partial charge in [0.1, 0.15) is 6.10 Å². The summed E-state index contributed by atoms with van der Waals surface area (Å²) in [5.74, 6) is -1.35. The molecule has 1 amide bonds. The normalized spacial score (nSPS) is 26.6. The SMILES string of the molecule is CCC(OC)C(=O)N1CC(C(=O)O)CCC1C. The van der Waals surface area contributed by atoms with Crippen molar-refractivity contribution in [3.05, 3.63) is 0 Å². The van der Waals surface area contributed by atoms with Gasteiger partial charge in [-0.15, -0.1) is 0 Å². The fraction of sp³-hybridized carbons (Fsp3) is 0.833. The number of carbonyl (C=O) groups is 2. The minimum atomic E-state index is -0.819. The molecule has 0 saturated carbocycles. The van der Waals surface area contributed by atoms with Crippen molar-refractivity contribution in [2.75, 3.05) is 13.7 Å². The maximum Gasteiger partial charge on any atom is 0.308 e. The molecule has 0 aromatic heterocycles. The Bertz CT molecular complexity index is 288. The number of carbonyl (C=O) groups excluding carboxylic acids is 1. The van der Waals surface area contributed by atoms with Crippen molar-refractivity contribution in [2.45, 2.75) is 45.3 Å². The Morgan fingerprint density at radius 1 is 1.47 bits per heavy atom. The first-order chi connectivity index (χ1) is 8.01. The van der Waals surface area contributed by atoms with E-state index in [0.717, 1.165) is 6.42 Å². The van der Waals surface area contributed by atoms with Gasteiger partial charge in [0.2, 0.25) is 0 Å². The first kappa shape index (κ1) is 14.0. The minimum absolute atomic E-state index is 0.0894. The van der Waals surface area contributed by atoms with E-state index in [9.17, 15) is 9.59 Å². The zero-order chi connectivity index (χ0) is 13.0. The number of hydrogen-bond donors (Lipinski definition) is 1. The second-order valence-electron chi connectivity index (χ2n) is 4.58. The van der Waals surface area contributed by atoms with Gasteiger partial charge < -0.3 is 14.7 Å². The molecule has 0 spiro atoms. The number of rotatable bonds is 4. The van der Waals surface area contributed by atoms with Crippen molar-refractivity contribution < 1.29 is 19.4 Å². The van der Waals surface area contributed by atoms with Gasteiger partial charge in [0.25, 0.3) is 5.91 Å². The molecule has 98 valence electrons. The monoisotopic (exact) mass is 243 g/mol. The van der Waals surface area contributed by atoms with Crippen molar-refractivity contribution in [1.82, 2.24) is 4.90 Å². The summed E-state index contributed by atoms with van der Waals surface area (Å²) in [7, 11) is 1.51. The highest BCUT2D eigenvalue weighted by Crippen LogP contribution is 2.23. The number of likely N-dealkylation sites (tertiary alicyclic amines) is 1. The van der Waals surface area contributed by atoms with Crippen molar-refractivity contribution in [3.63, 3.8) is 0 Å². The summed E-state index contributed by atoms with van der Waals surface area (Å²) in [5, 5.41) is 9.01. The zero-order valence-corrected chi connectivity index (χ0v) is 10.7. The lowest BCUT2D eigenvalue weighted by atomic mass is 9.93. The molecule has 1 aliphatic heterocycles. The number of carboxylic acid groups (broad SMARTS) is 1. The number of carboxylic acids is 1. The Kier molecular flexibility index (Phi) is 4.93. The molecule has 0 aliphatic carbocycles. The Balaban J connectivity index is 2.72. The van der Waals surface area contributed by atoms with Crippen LogP contribution in [0, 0.1) is 5.92 Å². The first-order valence-electron chi connectivity index (χ1n) is 6.07. The van der Waals surface area contributed by atoms with Crippen molar-refractivity contribution in [3.8, 4) is 0 Å². The maximum absolute atomic E-state index is 12.1. The molecule has 3 atom stereocenters. The molecule has 3 unspecified atom stereocenters. The van der Waals surface area contributed by atoms with E-state index in [2.05, 4.69) is 0 Å². The largest absolute Gasteiger partial charge is 0.481 e. The average Bonchev–Trinajstić information content (AvgIpc) is 2.30. The topological polar surface area (TPSA) is 66.8 Å². The van der Waals surface area contributed by atoms with Crippen molar-refractivity contribution in [1.29, 1.82) is 0 Å². The minimum Gasteiger partial charge on any atom is -0.481 e. The summed E-state index contributed by atoms with van der Waals surface area (Å²) >= 11 is 0. The van der Waals surface area contributed by atoms with Gasteiger partial charge in [-0.05, 0) is 26.2 Å². The maximum atomic E-state index is 12.1. The lowest BCUT2D eigenvalue weighted by Gasteiger charge is -2.38. The lowest BCUT2D eigenvalue weighted by Crippen LogP contribution is -2.51. The molecule has 0 radical (unpaired) electrons. The summed E-state index contributed by atoms with van der Waals surface area (Å²) in [6, 6.07) is 0.0994. The van der Waals surface area contributed by atoms with Gasteiger partial charge in [0, 0.05) is 19.7 Å². The standard InChI is InChI=1S/C12H21NO4/c1-4-10(17-3)11(14)13-7-9(12(15)16)6-5-8(13)2/h8-10H,4-7H2,1-3H3,(H,15,16). The second-order valence-corrected chi connectivity index (χ2v) is 4.58. The lowest BCUT2D eigenvalue weighted by molar-refractivity contribution is -0.152. The summed E-state index contributed by atoms with van der Waals surface area (Å²) in [6.07, 6.45) is 1.54. The smallest absolute Gasteiger partial charge is 0.308 e. The molecular weight excluding hydrogens is 222 g/mol. The zero-order valence-electron chi connectivity index (χ0n) is 10.7. The first-order valence-corrected chi connectivity index (χ1v) is 6.07. The number of piperidine rings is 1. The molecular formula is C12H21NO4. The fourth-order valence-electron chi connectivity index (χ4n) is 2.24. The molecule has 5 nitrogen and oxygen atoms in total. The van der Waals surface area contributed by atoms with Crippen LogP contribution in [0.3, 0.4) is 0 Å². The highest BCUT2D eigenvalue weighted by atomic mass is 16.5. The van der Waals surface area contributed by atoms with Crippen LogP contribution in [-0.4, -0.2) is 47.7 Å². The van der Waals surface area contributed by atoms with E-state index in [1.165, 1.54) is 7.11 Å². The Hall–Kier alpha value is -1.10. The second kappa shape index (κ2) is 6.00. The number of aliphatic carboxylic acids is 1. The van der Waals surface area contributed by atoms with Gasteiger partial charge in [-0.2, -0.15) is 0 Å². The van der Waals surface area contributed by atoms with E-state index in [0.29, 0.717) is 19.4 Å². The Morgan fingerprint density at radius 2 is 2.12 bits per heavy atom. The van der Waals surface area contributed by atoms with E-state index < -0.39 is 18.0 Å². The third-order valence-corrected chi connectivity index (χ3v) is 3.45. The van der Waals surface area contributed by atoms with Crippen LogP contribution in [0.2, 0.25) is 0 Å². The fourth-order valence-corrected chi connectivity index (χ4v) is 2.24. The molecule has 17 heavy (non-hydrogen) atoms. The quantitative estimate of drug-likeness (QED) is 0.803. The van der Waals surface area contributed by atoms with Crippen LogP contribution in [0.25, 0.3) is 0 Å². The van der Waals surface area contributed by atoms with E-state index in [1.54, 1.807) is 4.90 Å². The molecule has 1 heterocycles. The Morgan fingerprint density at radius 3 is 2.59 bits per heavy atom. The average molecular weight is 243 g/mol. The van der Waals surface area contributed by atoms with E-state index in [4.69, 9.17) is 9.84 Å². The number of methoxy groups -OCH3 is 1. The van der Waals surface area contributed by atoms with Crippen LogP contribution in [0.15, 0.2) is 0 Å². The summed E-state index contributed by atoms with van der Waals surface area (Å²) in [6.45, 7) is 4.14. The summed E-state index contributed by atoms with van der Waals surface area (Å²) in [4.78, 5) is 24.8. The molecule has 1 fully saturated rings. The van der Waals surface area contributed by atoms with Crippen LogP contribution in [0.1, 0.15) is 33.1 Å². The third kappa shape index (κ3) is 3.19. The van der Waals surface area contributed by atoms with Crippen LogP contribution < -0.4 is 0 Å². The van der Waals surface area contributed by atoms with Crippen molar-refractivity contribution in [2.24, 2.45) is 5.92 Å². The van der Waals surface area contributed by atoms with Gasteiger partial charge in [-0.1, -0.05) is 6.92 Å². The molecule has 1 N–H and O–H groups in total.